The van der Waals surface area contributed by atoms with Gasteiger partial charge in [-0.2, -0.15) is 0 Å². The van der Waals surface area contributed by atoms with Gasteiger partial charge in [-0.25, -0.2) is 0 Å². The molecule has 0 aromatic heterocycles. The highest BCUT2D eigenvalue weighted by Gasteiger charge is 2.74. The van der Waals surface area contributed by atoms with E-state index >= 15 is 0 Å². The van der Waals surface area contributed by atoms with Crippen LogP contribution in [0.4, 0.5) is 0 Å². The fourth-order valence-corrected chi connectivity index (χ4v) is 3.31. The van der Waals surface area contributed by atoms with Crippen LogP contribution in [0, 0.1) is 16.7 Å². The van der Waals surface area contributed by atoms with Gasteiger partial charge in [0.2, 0.25) is 0 Å². The molecule has 1 aliphatic heterocycles. The number of carbonyl (C=O) groups excluding carboxylic acids is 1. The van der Waals surface area contributed by atoms with E-state index in [0.717, 1.165) is 19.5 Å². The maximum atomic E-state index is 11.6. The first-order chi connectivity index (χ1) is 6.56. The third-order valence-corrected chi connectivity index (χ3v) is 4.33. The van der Waals surface area contributed by atoms with Gasteiger partial charge in [0.15, 0.2) is 0 Å². The van der Waals surface area contributed by atoms with E-state index in [2.05, 4.69) is 19.2 Å². The Bertz CT molecular complexity index is 254. The molecule has 1 N–H and O–H groups in total. The number of esters is 1. The van der Waals surface area contributed by atoms with Gasteiger partial charge in [-0.1, -0.05) is 13.8 Å². The molecule has 2 rings (SSSR count). The van der Waals surface area contributed by atoms with Crippen LogP contribution < -0.4 is 5.32 Å². The lowest BCUT2D eigenvalue weighted by Gasteiger charge is -2.25. The van der Waals surface area contributed by atoms with E-state index in [-0.39, 0.29) is 22.7 Å². The SMILES string of the molecule is COC(=O)C1C(C)(C)C12CCCNC2. The molecule has 0 aromatic rings. The Morgan fingerprint density at radius 3 is 2.71 bits per heavy atom. The summed E-state index contributed by atoms with van der Waals surface area (Å²) in [6.07, 6.45) is 2.34. The minimum absolute atomic E-state index is 0.0290. The third-order valence-electron chi connectivity index (χ3n) is 4.33. The standard InChI is InChI=1S/C11H19NO2/c1-10(2)8(9(13)14-3)11(10)5-4-6-12-7-11/h8,12H,4-7H2,1-3H3. The first-order valence-electron chi connectivity index (χ1n) is 5.35. The number of nitrogens with one attached hydrogen (secondary N) is 1. The predicted molar refractivity (Wildman–Crippen MR) is 53.8 cm³/mol. The molecule has 14 heavy (non-hydrogen) atoms. The number of piperidine rings is 1. The molecular formula is C11H19NO2. The molecule has 80 valence electrons. The zero-order chi connectivity index (χ0) is 10.4. The van der Waals surface area contributed by atoms with Crippen LogP contribution in [-0.2, 0) is 9.53 Å². The van der Waals surface area contributed by atoms with Crippen molar-refractivity contribution >= 4 is 5.97 Å². The Balaban J connectivity index is 2.17. The highest BCUT2D eigenvalue weighted by molar-refractivity contribution is 5.79. The fraction of sp³-hybridized carbons (Fsp3) is 0.909. The molecule has 3 heteroatoms. The largest absolute Gasteiger partial charge is 0.469 e. The molecule has 2 atom stereocenters. The van der Waals surface area contributed by atoms with Crippen LogP contribution in [0.25, 0.3) is 0 Å². The van der Waals surface area contributed by atoms with E-state index in [9.17, 15) is 4.79 Å². The van der Waals surface area contributed by atoms with Crippen LogP contribution in [0.5, 0.6) is 0 Å². The summed E-state index contributed by atoms with van der Waals surface area (Å²) < 4.78 is 4.87. The maximum absolute atomic E-state index is 11.6. The number of rotatable bonds is 1. The van der Waals surface area contributed by atoms with Gasteiger partial charge in [-0.3, -0.25) is 4.79 Å². The number of ether oxygens (including phenoxy) is 1. The van der Waals surface area contributed by atoms with Gasteiger partial charge in [-0.05, 0) is 24.8 Å². The highest BCUT2D eigenvalue weighted by Crippen LogP contribution is 2.71. The number of hydrogen-bond acceptors (Lipinski definition) is 3. The fourth-order valence-electron chi connectivity index (χ4n) is 3.31. The number of hydrogen-bond donors (Lipinski definition) is 1. The van der Waals surface area contributed by atoms with Crippen LogP contribution in [-0.4, -0.2) is 26.2 Å². The van der Waals surface area contributed by atoms with E-state index in [1.54, 1.807) is 0 Å². The van der Waals surface area contributed by atoms with Gasteiger partial charge in [-0.15, -0.1) is 0 Å². The Labute approximate surface area is 85.2 Å². The Kier molecular flexibility index (Phi) is 2.11. The molecule has 1 saturated heterocycles. The average Bonchev–Trinajstić information content (AvgIpc) is 2.62. The van der Waals surface area contributed by atoms with Crippen molar-refractivity contribution in [3.05, 3.63) is 0 Å². The Morgan fingerprint density at radius 2 is 2.21 bits per heavy atom. The second-order valence-electron chi connectivity index (χ2n) is 5.11. The van der Waals surface area contributed by atoms with Gasteiger partial charge in [0.1, 0.15) is 0 Å². The van der Waals surface area contributed by atoms with Crippen molar-refractivity contribution in [1.29, 1.82) is 0 Å². The van der Waals surface area contributed by atoms with Gasteiger partial charge < -0.3 is 10.1 Å². The van der Waals surface area contributed by atoms with Crippen molar-refractivity contribution in [2.24, 2.45) is 16.7 Å². The Hall–Kier alpha value is -0.570. The third kappa shape index (κ3) is 1.05. The van der Waals surface area contributed by atoms with Crippen LogP contribution in [0.1, 0.15) is 26.7 Å². The van der Waals surface area contributed by atoms with Crippen LogP contribution in [0.15, 0.2) is 0 Å². The van der Waals surface area contributed by atoms with Gasteiger partial charge in [0.25, 0.3) is 0 Å². The van der Waals surface area contributed by atoms with Crippen molar-refractivity contribution in [3.8, 4) is 0 Å². The van der Waals surface area contributed by atoms with E-state index in [4.69, 9.17) is 4.74 Å². The van der Waals surface area contributed by atoms with E-state index < -0.39 is 0 Å². The molecule has 1 saturated carbocycles. The van der Waals surface area contributed by atoms with Gasteiger partial charge in [0.05, 0.1) is 13.0 Å². The summed E-state index contributed by atoms with van der Waals surface area (Å²) in [7, 11) is 1.49. The summed E-state index contributed by atoms with van der Waals surface area (Å²) in [6, 6.07) is 0. The minimum Gasteiger partial charge on any atom is -0.469 e. The normalized spacial score (nSPS) is 39.5. The quantitative estimate of drug-likeness (QED) is 0.642. The van der Waals surface area contributed by atoms with Crippen molar-refractivity contribution in [1.82, 2.24) is 5.32 Å². The molecule has 0 aromatic carbocycles. The summed E-state index contributed by atoms with van der Waals surface area (Å²) in [5, 5.41) is 3.39. The molecule has 1 heterocycles. The predicted octanol–water partition coefficient (Wildman–Crippen LogP) is 1.19. The summed E-state index contributed by atoms with van der Waals surface area (Å²) in [4.78, 5) is 11.6. The van der Waals surface area contributed by atoms with Crippen LogP contribution >= 0.6 is 0 Å². The van der Waals surface area contributed by atoms with Crippen LogP contribution in [0.3, 0.4) is 0 Å². The smallest absolute Gasteiger partial charge is 0.309 e. The van der Waals surface area contributed by atoms with Crippen molar-refractivity contribution in [2.75, 3.05) is 20.2 Å². The zero-order valence-corrected chi connectivity index (χ0v) is 9.22. The maximum Gasteiger partial charge on any atom is 0.309 e. The van der Waals surface area contributed by atoms with Crippen molar-refractivity contribution < 1.29 is 9.53 Å². The first-order valence-corrected chi connectivity index (χ1v) is 5.35. The summed E-state index contributed by atoms with van der Waals surface area (Å²) in [5.74, 6) is 0.0755. The van der Waals surface area contributed by atoms with E-state index in [0.29, 0.717) is 0 Å². The average molecular weight is 197 g/mol. The van der Waals surface area contributed by atoms with Gasteiger partial charge in [0, 0.05) is 12.0 Å². The molecule has 2 aliphatic rings. The van der Waals surface area contributed by atoms with Gasteiger partial charge >= 0.3 is 5.97 Å². The monoisotopic (exact) mass is 197 g/mol. The first kappa shape index (κ1) is 9.97. The molecule has 0 radical (unpaired) electrons. The molecule has 2 fully saturated rings. The zero-order valence-electron chi connectivity index (χ0n) is 9.22. The van der Waals surface area contributed by atoms with Crippen LogP contribution in [0.2, 0.25) is 0 Å². The molecule has 1 aliphatic carbocycles. The van der Waals surface area contributed by atoms with E-state index in [1.165, 1.54) is 13.5 Å². The second-order valence-corrected chi connectivity index (χ2v) is 5.11. The molecule has 0 amide bonds. The lowest BCUT2D eigenvalue weighted by molar-refractivity contribution is -0.143. The molecule has 2 unspecified atom stereocenters. The molecule has 0 bridgehead atoms. The lowest BCUT2D eigenvalue weighted by atomic mass is 9.88. The minimum atomic E-state index is -0.0290. The Morgan fingerprint density at radius 1 is 1.50 bits per heavy atom. The summed E-state index contributed by atoms with van der Waals surface area (Å²) in [6.45, 7) is 6.43. The number of carbonyl (C=O) groups is 1. The summed E-state index contributed by atoms with van der Waals surface area (Å²) >= 11 is 0. The van der Waals surface area contributed by atoms with Crippen molar-refractivity contribution in [3.63, 3.8) is 0 Å². The number of methoxy groups -OCH3 is 1. The second kappa shape index (κ2) is 2.96. The lowest BCUT2D eigenvalue weighted by Crippen LogP contribution is -2.35. The van der Waals surface area contributed by atoms with E-state index in [1.807, 2.05) is 0 Å². The molecule has 1 spiro atoms. The summed E-state index contributed by atoms with van der Waals surface area (Å²) in [5.41, 5.74) is 0.297. The molecular weight excluding hydrogens is 178 g/mol. The highest BCUT2D eigenvalue weighted by atomic mass is 16.5. The molecule has 3 nitrogen and oxygen atoms in total. The topological polar surface area (TPSA) is 38.3 Å². The van der Waals surface area contributed by atoms with Crippen molar-refractivity contribution in [2.45, 2.75) is 26.7 Å².